The van der Waals surface area contributed by atoms with E-state index in [0.29, 0.717) is 15.2 Å². The van der Waals surface area contributed by atoms with Crippen LogP contribution in [0.2, 0.25) is 5.02 Å². The zero-order valence-corrected chi connectivity index (χ0v) is 11.7. The Balaban J connectivity index is 2.29. The van der Waals surface area contributed by atoms with Crippen LogP contribution in [0.4, 0.5) is 0 Å². The topological polar surface area (TPSA) is 90.0 Å². The largest absolute Gasteiger partial charge is 0.293 e. The highest BCUT2D eigenvalue weighted by Crippen LogP contribution is 2.34. The van der Waals surface area contributed by atoms with Crippen LogP contribution in [-0.2, 0) is 11.3 Å². The maximum atomic E-state index is 12.3. The lowest BCUT2D eigenvalue weighted by Gasteiger charge is -2.03. The maximum Gasteiger partial charge on any atom is 0.271 e. The number of nitrogens with zero attached hydrogens (tertiary/aromatic N) is 2. The van der Waals surface area contributed by atoms with Crippen LogP contribution in [0.5, 0.6) is 0 Å². The summed E-state index contributed by atoms with van der Waals surface area (Å²) in [6.45, 7) is -0.166. The maximum absolute atomic E-state index is 12.3. The van der Waals surface area contributed by atoms with Gasteiger partial charge in [-0.05, 0) is 12.1 Å². The second-order valence-corrected chi connectivity index (χ2v) is 5.60. The molecule has 0 bridgehead atoms. The molecule has 0 spiro atoms. The molecule has 2 aromatic heterocycles. The van der Waals surface area contributed by atoms with E-state index in [1.165, 1.54) is 22.2 Å². The number of halogens is 1. The molecule has 2 heterocycles. The van der Waals surface area contributed by atoms with Crippen molar-refractivity contribution in [3.8, 4) is 0 Å². The second kappa shape index (κ2) is 4.86. The number of carbonyl (C=O) groups is 1. The van der Waals surface area contributed by atoms with E-state index in [0.717, 1.165) is 10.1 Å². The first kappa shape index (κ1) is 13.0. The van der Waals surface area contributed by atoms with Gasteiger partial charge in [0.1, 0.15) is 11.2 Å². The number of nitrogens with one attached hydrogen (secondary N) is 1. The molecule has 0 atom stereocenters. The molecular weight excluding hydrogens is 300 g/mol. The Morgan fingerprint density at radius 1 is 1.50 bits per heavy atom. The number of nitrogens with two attached hydrogens (primary N) is 1. The molecule has 1 amide bonds. The summed E-state index contributed by atoms with van der Waals surface area (Å²) in [6, 6.07) is 5.45. The van der Waals surface area contributed by atoms with Gasteiger partial charge in [-0.1, -0.05) is 17.7 Å². The molecule has 3 N–H and O–H groups in total. The standard InChI is InChI=1S/C12H9ClN4O2S/c13-6-2-1-3-7-9(6)10-11(20-7)12(19)17(5-15-10)4-8(18)16-14/h1-3,5H,4,14H2,(H,16,18). The summed E-state index contributed by atoms with van der Waals surface area (Å²) < 4.78 is 2.58. The Morgan fingerprint density at radius 3 is 3.05 bits per heavy atom. The summed E-state index contributed by atoms with van der Waals surface area (Å²) in [6.07, 6.45) is 1.33. The fourth-order valence-electron chi connectivity index (χ4n) is 1.98. The normalized spacial score (nSPS) is 11.1. The molecule has 0 radical (unpaired) electrons. The molecule has 0 aliphatic carbocycles. The summed E-state index contributed by atoms with van der Waals surface area (Å²) in [5, 5.41) is 1.32. The number of carbonyl (C=O) groups excluding carboxylic acids is 1. The third kappa shape index (κ3) is 1.96. The Morgan fingerprint density at radius 2 is 2.30 bits per heavy atom. The molecule has 8 heteroatoms. The van der Waals surface area contributed by atoms with E-state index in [2.05, 4.69) is 4.98 Å². The van der Waals surface area contributed by atoms with E-state index in [1.54, 1.807) is 6.07 Å². The summed E-state index contributed by atoms with van der Waals surface area (Å²) >= 11 is 7.46. The zero-order valence-electron chi connectivity index (χ0n) is 10.1. The molecule has 0 saturated heterocycles. The summed E-state index contributed by atoms with van der Waals surface area (Å²) in [7, 11) is 0. The Kier molecular flexibility index (Phi) is 3.17. The van der Waals surface area contributed by atoms with E-state index >= 15 is 0 Å². The van der Waals surface area contributed by atoms with Gasteiger partial charge < -0.3 is 0 Å². The van der Waals surface area contributed by atoms with Gasteiger partial charge >= 0.3 is 0 Å². The number of benzene rings is 1. The SMILES string of the molecule is NNC(=O)Cn1cnc2c(sc3cccc(Cl)c32)c1=O. The average molecular weight is 309 g/mol. The predicted octanol–water partition coefficient (Wildman–Crippen LogP) is 1.25. The first-order valence-corrected chi connectivity index (χ1v) is 6.87. The Labute approximate surface area is 121 Å². The van der Waals surface area contributed by atoms with E-state index in [4.69, 9.17) is 17.4 Å². The van der Waals surface area contributed by atoms with Gasteiger partial charge in [0.2, 0.25) is 0 Å². The van der Waals surface area contributed by atoms with Gasteiger partial charge in [0.05, 0.1) is 16.9 Å². The molecule has 3 aromatic rings. The number of hydrazine groups is 1. The minimum atomic E-state index is -0.465. The molecule has 0 unspecified atom stereocenters. The molecule has 0 fully saturated rings. The van der Waals surface area contributed by atoms with Crippen LogP contribution in [0.15, 0.2) is 29.3 Å². The van der Waals surface area contributed by atoms with Crippen molar-refractivity contribution in [2.75, 3.05) is 0 Å². The van der Waals surface area contributed by atoms with E-state index in [1.807, 2.05) is 17.6 Å². The fraction of sp³-hybridized carbons (Fsp3) is 0.0833. The minimum Gasteiger partial charge on any atom is -0.293 e. The third-order valence-electron chi connectivity index (χ3n) is 2.90. The van der Waals surface area contributed by atoms with E-state index in [-0.39, 0.29) is 12.1 Å². The molecule has 0 saturated carbocycles. The highest BCUT2D eigenvalue weighted by atomic mass is 35.5. The van der Waals surface area contributed by atoms with Crippen molar-refractivity contribution >= 4 is 49.1 Å². The van der Waals surface area contributed by atoms with Crippen molar-refractivity contribution in [2.24, 2.45) is 5.84 Å². The first-order valence-electron chi connectivity index (χ1n) is 5.67. The van der Waals surface area contributed by atoms with Crippen molar-refractivity contribution in [3.63, 3.8) is 0 Å². The zero-order chi connectivity index (χ0) is 14.3. The van der Waals surface area contributed by atoms with Crippen LogP contribution in [0.1, 0.15) is 0 Å². The average Bonchev–Trinajstić information content (AvgIpc) is 2.82. The number of hydrogen-bond acceptors (Lipinski definition) is 5. The number of hydrogen-bond donors (Lipinski definition) is 2. The predicted molar refractivity (Wildman–Crippen MR) is 78.7 cm³/mol. The lowest BCUT2D eigenvalue weighted by Crippen LogP contribution is -2.36. The quantitative estimate of drug-likeness (QED) is 0.423. The highest BCUT2D eigenvalue weighted by molar-refractivity contribution is 7.25. The van der Waals surface area contributed by atoms with Gasteiger partial charge in [0.15, 0.2) is 0 Å². The number of aromatic nitrogens is 2. The Bertz CT molecular complexity index is 886. The molecule has 0 aliphatic heterocycles. The van der Waals surface area contributed by atoms with Crippen molar-refractivity contribution < 1.29 is 4.79 Å². The minimum absolute atomic E-state index is 0.166. The monoisotopic (exact) mass is 308 g/mol. The van der Waals surface area contributed by atoms with E-state index < -0.39 is 5.91 Å². The van der Waals surface area contributed by atoms with Gasteiger partial charge in [-0.3, -0.25) is 19.6 Å². The van der Waals surface area contributed by atoms with Gasteiger partial charge in [0.25, 0.3) is 11.5 Å². The van der Waals surface area contributed by atoms with Gasteiger partial charge in [-0.2, -0.15) is 0 Å². The summed E-state index contributed by atoms with van der Waals surface area (Å²) in [5.41, 5.74) is 2.26. The second-order valence-electron chi connectivity index (χ2n) is 4.14. The lowest BCUT2D eigenvalue weighted by atomic mass is 10.2. The van der Waals surface area contributed by atoms with Crippen LogP contribution in [0.25, 0.3) is 20.3 Å². The van der Waals surface area contributed by atoms with Crippen LogP contribution in [0.3, 0.4) is 0 Å². The first-order chi connectivity index (χ1) is 9.61. The number of thiophene rings is 1. The van der Waals surface area contributed by atoms with Crippen LogP contribution in [-0.4, -0.2) is 15.5 Å². The highest BCUT2D eigenvalue weighted by Gasteiger charge is 2.14. The number of fused-ring (bicyclic) bond motifs is 3. The van der Waals surface area contributed by atoms with Gasteiger partial charge in [-0.15, -0.1) is 11.3 Å². The number of amides is 1. The van der Waals surface area contributed by atoms with Crippen molar-refractivity contribution in [2.45, 2.75) is 6.54 Å². The van der Waals surface area contributed by atoms with Crippen molar-refractivity contribution in [1.29, 1.82) is 0 Å². The number of rotatable bonds is 2. The fourth-order valence-corrected chi connectivity index (χ4v) is 3.43. The molecule has 0 aliphatic rings. The van der Waals surface area contributed by atoms with Crippen LogP contribution < -0.4 is 16.8 Å². The smallest absolute Gasteiger partial charge is 0.271 e. The molecule has 102 valence electrons. The molecule has 1 aromatic carbocycles. The molecular formula is C12H9ClN4O2S. The van der Waals surface area contributed by atoms with Crippen molar-refractivity contribution in [1.82, 2.24) is 15.0 Å². The summed E-state index contributed by atoms with van der Waals surface area (Å²) in [4.78, 5) is 27.8. The van der Waals surface area contributed by atoms with Crippen molar-refractivity contribution in [3.05, 3.63) is 39.9 Å². The van der Waals surface area contributed by atoms with Gasteiger partial charge in [0, 0.05) is 10.1 Å². The molecule has 3 rings (SSSR count). The third-order valence-corrected chi connectivity index (χ3v) is 4.34. The Hall–Kier alpha value is -1.96. The van der Waals surface area contributed by atoms with Crippen LogP contribution >= 0.6 is 22.9 Å². The lowest BCUT2D eigenvalue weighted by molar-refractivity contribution is -0.121. The summed E-state index contributed by atoms with van der Waals surface area (Å²) in [5.74, 6) is 4.55. The van der Waals surface area contributed by atoms with E-state index in [9.17, 15) is 9.59 Å². The molecule has 6 nitrogen and oxygen atoms in total. The van der Waals surface area contributed by atoms with Crippen LogP contribution in [0, 0.1) is 0 Å². The molecule has 20 heavy (non-hydrogen) atoms. The van der Waals surface area contributed by atoms with Gasteiger partial charge in [-0.25, -0.2) is 10.8 Å².